The molecule has 1 unspecified atom stereocenters. The number of hydrogen-bond acceptors (Lipinski definition) is 2. The molecule has 0 saturated heterocycles. The molecule has 1 atom stereocenters. The fourth-order valence-electron chi connectivity index (χ4n) is 1.46. The molecule has 1 aromatic carbocycles. The third kappa shape index (κ3) is 4.18. The van der Waals surface area contributed by atoms with Gasteiger partial charge in [0.2, 0.25) is 5.91 Å². The summed E-state index contributed by atoms with van der Waals surface area (Å²) in [6, 6.07) is 4.15. The van der Waals surface area contributed by atoms with Crippen LogP contribution in [0.5, 0.6) is 0 Å². The van der Waals surface area contributed by atoms with E-state index in [0.29, 0.717) is 6.54 Å². The van der Waals surface area contributed by atoms with E-state index in [0.717, 1.165) is 12.8 Å². The van der Waals surface area contributed by atoms with Crippen LogP contribution in [-0.4, -0.2) is 18.5 Å². The number of benzene rings is 1. The van der Waals surface area contributed by atoms with Crippen LogP contribution in [0.3, 0.4) is 0 Å². The molecule has 0 spiro atoms. The van der Waals surface area contributed by atoms with Crippen molar-refractivity contribution in [1.82, 2.24) is 5.32 Å². The molecule has 0 radical (unpaired) electrons. The van der Waals surface area contributed by atoms with E-state index in [1.807, 2.05) is 0 Å². The summed E-state index contributed by atoms with van der Waals surface area (Å²) in [6.07, 6.45) is 1.95. The third-order valence-corrected chi connectivity index (χ3v) is 2.84. The van der Waals surface area contributed by atoms with Crippen LogP contribution in [-0.2, 0) is 4.79 Å². The Morgan fingerprint density at radius 3 is 2.89 bits per heavy atom. The summed E-state index contributed by atoms with van der Waals surface area (Å²) in [7, 11) is 0. The maximum atomic E-state index is 13.6. The van der Waals surface area contributed by atoms with E-state index >= 15 is 0 Å². The highest BCUT2D eigenvalue weighted by atomic mass is 35.5. The maximum Gasteiger partial charge on any atom is 0.242 e. The van der Waals surface area contributed by atoms with E-state index in [-0.39, 0.29) is 16.6 Å². The lowest BCUT2D eigenvalue weighted by atomic mass is 10.2. The fraction of sp³-hybridized carbons (Fsp3) is 0.462. The Morgan fingerprint density at radius 1 is 1.50 bits per heavy atom. The van der Waals surface area contributed by atoms with E-state index in [4.69, 9.17) is 11.6 Å². The van der Waals surface area contributed by atoms with Gasteiger partial charge < -0.3 is 10.6 Å². The first-order chi connectivity index (χ1) is 8.56. The monoisotopic (exact) mass is 272 g/mol. The lowest BCUT2D eigenvalue weighted by Gasteiger charge is -2.16. The highest BCUT2D eigenvalue weighted by molar-refractivity contribution is 6.31. The van der Waals surface area contributed by atoms with Crippen molar-refractivity contribution in [3.05, 3.63) is 29.0 Å². The highest BCUT2D eigenvalue weighted by Crippen LogP contribution is 2.22. The summed E-state index contributed by atoms with van der Waals surface area (Å²) in [6.45, 7) is 4.37. The van der Waals surface area contributed by atoms with Crippen molar-refractivity contribution in [2.24, 2.45) is 0 Å². The molecule has 0 saturated carbocycles. The van der Waals surface area contributed by atoms with Crippen molar-refractivity contribution in [3.63, 3.8) is 0 Å². The molecule has 0 heterocycles. The highest BCUT2D eigenvalue weighted by Gasteiger charge is 2.14. The Balaban J connectivity index is 2.56. The van der Waals surface area contributed by atoms with E-state index in [2.05, 4.69) is 17.6 Å². The van der Waals surface area contributed by atoms with Crippen LogP contribution in [0.25, 0.3) is 0 Å². The second-order valence-corrected chi connectivity index (χ2v) is 4.52. The van der Waals surface area contributed by atoms with Gasteiger partial charge in [-0.15, -0.1) is 0 Å². The smallest absolute Gasteiger partial charge is 0.242 e. The van der Waals surface area contributed by atoms with Crippen molar-refractivity contribution in [3.8, 4) is 0 Å². The third-order valence-electron chi connectivity index (χ3n) is 2.55. The number of hydrogen-bond donors (Lipinski definition) is 2. The molecule has 1 rings (SSSR count). The Kier molecular flexibility index (Phi) is 5.92. The minimum atomic E-state index is -0.535. The van der Waals surface area contributed by atoms with Gasteiger partial charge in [-0.05, 0) is 25.5 Å². The number of unbranched alkanes of at least 4 members (excludes halogenated alkanes) is 1. The molecule has 0 aromatic heterocycles. The van der Waals surface area contributed by atoms with Gasteiger partial charge in [-0.2, -0.15) is 0 Å². The van der Waals surface area contributed by atoms with Gasteiger partial charge in [0.25, 0.3) is 0 Å². The average molecular weight is 273 g/mol. The molecule has 100 valence electrons. The fourth-order valence-corrected chi connectivity index (χ4v) is 1.63. The van der Waals surface area contributed by atoms with Crippen molar-refractivity contribution in [1.29, 1.82) is 0 Å². The predicted octanol–water partition coefficient (Wildman–Crippen LogP) is 3.20. The van der Waals surface area contributed by atoms with Crippen LogP contribution in [0.4, 0.5) is 10.1 Å². The lowest BCUT2D eigenvalue weighted by molar-refractivity contribution is -0.121. The first-order valence-electron chi connectivity index (χ1n) is 6.04. The minimum absolute atomic E-state index is 0.0404. The summed E-state index contributed by atoms with van der Waals surface area (Å²) in [5.41, 5.74) is 0.237. The normalized spacial score (nSPS) is 12.0. The van der Waals surface area contributed by atoms with E-state index in [1.165, 1.54) is 6.07 Å². The van der Waals surface area contributed by atoms with Crippen LogP contribution in [0.2, 0.25) is 5.02 Å². The Hall–Kier alpha value is -1.29. The number of amides is 1. The van der Waals surface area contributed by atoms with Crippen LogP contribution < -0.4 is 10.6 Å². The van der Waals surface area contributed by atoms with Gasteiger partial charge in [0.1, 0.15) is 6.04 Å². The van der Waals surface area contributed by atoms with Gasteiger partial charge in [0.05, 0.1) is 10.7 Å². The zero-order valence-corrected chi connectivity index (χ0v) is 11.4. The quantitative estimate of drug-likeness (QED) is 0.781. The van der Waals surface area contributed by atoms with Gasteiger partial charge >= 0.3 is 0 Å². The first kappa shape index (κ1) is 14.8. The number of carbonyl (C=O) groups is 1. The van der Waals surface area contributed by atoms with Crippen molar-refractivity contribution >= 4 is 23.2 Å². The number of carbonyl (C=O) groups excluding carboxylic acids is 1. The molecule has 1 amide bonds. The molecule has 0 bridgehead atoms. The number of halogens is 2. The molecular weight excluding hydrogens is 255 g/mol. The van der Waals surface area contributed by atoms with Crippen molar-refractivity contribution in [2.45, 2.75) is 32.7 Å². The molecule has 1 aromatic rings. The van der Waals surface area contributed by atoms with Crippen LogP contribution in [0.15, 0.2) is 18.2 Å². The molecule has 2 N–H and O–H groups in total. The van der Waals surface area contributed by atoms with Crippen molar-refractivity contribution < 1.29 is 9.18 Å². The summed E-state index contributed by atoms with van der Waals surface area (Å²) in [5.74, 6) is -0.685. The van der Waals surface area contributed by atoms with Gasteiger partial charge in [0.15, 0.2) is 5.82 Å². The molecule has 3 nitrogen and oxygen atoms in total. The molecule has 0 aliphatic rings. The molecule has 0 fully saturated rings. The lowest BCUT2D eigenvalue weighted by Crippen LogP contribution is -2.38. The molecular formula is C13H18ClFN2O. The van der Waals surface area contributed by atoms with Gasteiger partial charge in [-0.1, -0.05) is 31.0 Å². The largest absolute Gasteiger partial charge is 0.371 e. The van der Waals surface area contributed by atoms with E-state index < -0.39 is 11.9 Å². The molecule has 18 heavy (non-hydrogen) atoms. The minimum Gasteiger partial charge on any atom is -0.371 e. The van der Waals surface area contributed by atoms with Gasteiger partial charge in [-0.3, -0.25) is 4.79 Å². The summed E-state index contributed by atoms with van der Waals surface area (Å²) < 4.78 is 13.6. The number of nitrogens with one attached hydrogen (secondary N) is 2. The molecule has 0 aliphatic carbocycles. The SMILES string of the molecule is CCCCNC(=O)C(C)Nc1cccc(Cl)c1F. The number of anilines is 1. The Morgan fingerprint density at radius 2 is 2.22 bits per heavy atom. The second kappa shape index (κ2) is 7.21. The van der Waals surface area contributed by atoms with Crippen LogP contribution in [0.1, 0.15) is 26.7 Å². The molecule has 5 heteroatoms. The van der Waals surface area contributed by atoms with Gasteiger partial charge in [0, 0.05) is 6.54 Å². The Bertz CT molecular complexity index is 412. The number of rotatable bonds is 6. The standard InChI is InChI=1S/C13H18ClFN2O/c1-3-4-8-16-13(18)9(2)17-11-7-5-6-10(14)12(11)15/h5-7,9,17H,3-4,8H2,1-2H3,(H,16,18). The van der Waals surface area contributed by atoms with Crippen molar-refractivity contribution in [2.75, 3.05) is 11.9 Å². The second-order valence-electron chi connectivity index (χ2n) is 4.11. The van der Waals surface area contributed by atoms with E-state index in [1.54, 1.807) is 19.1 Å². The summed E-state index contributed by atoms with van der Waals surface area (Å²) in [5, 5.41) is 5.63. The predicted molar refractivity (Wildman–Crippen MR) is 72.4 cm³/mol. The average Bonchev–Trinajstić information content (AvgIpc) is 2.35. The van der Waals surface area contributed by atoms with E-state index in [9.17, 15) is 9.18 Å². The Labute approximate surface area is 112 Å². The summed E-state index contributed by atoms with van der Waals surface area (Å²) in [4.78, 5) is 11.7. The topological polar surface area (TPSA) is 41.1 Å². The maximum absolute atomic E-state index is 13.6. The summed E-state index contributed by atoms with van der Waals surface area (Å²) >= 11 is 5.66. The first-order valence-corrected chi connectivity index (χ1v) is 6.42. The van der Waals surface area contributed by atoms with Gasteiger partial charge in [-0.25, -0.2) is 4.39 Å². The van der Waals surface area contributed by atoms with Crippen LogP contribution in [0, 0.1) is 5.82 Å². The van der Waals surface area contributed by atoms with Crippen LogP contribution >= 0.6 is 11.6 Å². The molecule has 0 aliphatic heterocycles. The zero-order chi connectivity index (χ0) is 13.5. The zero-order valence-electron chi connectivity index (χ0n) is 10.6.